The van der Waals surface area contributed by atoms with E-state index in [1.165, 1.54) is 205 Å². The van der Waals surface area contributed by atoms with Crippen LogP contribution in [0, 0.1) is 11.8 Å². The van der Waals surface area contributed by atoms with Crippen LogP contribution in [0.1, 0.15) is 317 Å². The second-order valence-corrected chi connectivity index (χ2v) is 20.1. The summed E-state index contributed by atoms with van der Waals surface area (Å²) in [5, 5.41) is 0. The minimum atomic E-state index is -0.763. The number of unbranched alkanes of at least 4 members (excludes halogenated alkanes) is 34. The number of hydrogen-bond donors (Lipinski definition) is 0. The van der Waals surface area contributed by atoms with Crippen LogP contribution in [0.2, 0.25) is 0 Å². The maximum absolute atomic E-state index is 12.8. The molecule has 0 aliphatic carbocycles. The van der Waals surface area contributed by atoms with Crippen LogP contribution in [0.5, 0.6) is 0 Å². The van der Waals surface area contributed by atoms with Gasteiger partial charge in [0.2, 0.25) is 0 Å². The van der Waals surface area contributed by atoms with Crippen molar-refractivity contribution < 1.29 is 28.6 Å². The van der Waals surface area contributed by atoms with Gasteiger partial charge in [0.15, 0.2) is 6.10 Å². The van der Waals surface area contributed by atoms with E-state index in [4.69, 9.17) is 14.2 Å². The van der Waals surface area contributed by atoms with E-state index in [0.717, 1.165) is 69.6 Å². The van der Waals surface area contributed by atoms with Crippen LogP contribution in [-0.2, 0) is 28.6 Å². The number of carbonyl (C=O) groups is 3. The lowest BCUT2D eigenvalue weighted by atomic mass is 9.99. The third-order valence-electron chi connectivity index (χ3n) is 13.7. The van der Waals surface area contributed by atoms with Crippen molar-refractivity contribution in [3.05, 3.63) is 0 Å². The normalized spacial score (nSPS) is 12.9. The number of ether oxygens (including phenoxy) is 3. The summed E-state index contributed by atoms with van der Waals surface area (Å²) in [4.78, 5) is 38.1. The molecule has 0 N–H and O–H groups in total. The average Bonchev–Trinajstić information content (AvgIpc) is 3.28. The van der Waals surface area contributed by atoms with Crippen LogP contribution >= 0.6 is 0 Å². The van der Waals surface area contributed by atoms with E-state index in [1.807, 2.05) is 0 Å². The molecule has 6 heteroatoms. The summed E-state index contributed by atoms with van der Waals surface area (Å²) in [6.45, 7) is 11.4. The molecule has 0 aromatic heterocycles. The van der Waals surface area contributed by atoms with E-state index in [-0.39, 0.29) is 31.1 Å². The standard InChI is InChI=1S/C57H110O6/c1-6-9-10-11-12-13-14-15-16-17-18-19-20-21-22-26-32-37-42-47-55(58)61-50-54(51-62-56(59)48-43-38-33-29-28-31-36-41-46-53(5)8-3)63-57(60)49-44-39-34-27-24-23-25-30-35-40-45-52(4)7-2/h52-54H,6-51H2,1-5H3/t52?,53?,54-/m0/s1. The van der Waals surface area contributed by atoms with Gasteiger partial charge in [0.05, 0.1) is 0 Å². The van der Waals surface area contributed by atoms with Crippen LogP contribution in [0.15, 0.2) is 0 Å². The van der Waals surface area contributed by atoms with Gasteiger partial charge in [-0.3, -0.25) is 14.4 Å². The van der Waals surface area contributed by atoms with Gasteiger partial charge in [0, 0.05) is 19.3 Å². The molecule has 0 saturated heterocycles. The third kappa shape index (κ3) is 48.2. The topological polar surface area (TPSA) is 78.9 Å². The fourth-order valence-electron chi connectivity index (χ4n) is 8.63. The average molecular weight is 892 g/mol. The zero-order valence-electron chi connectivity index (χ0n) is 43.2. The highest BCUT2D eigenvalue weighted by Gasteiger charge is 2.19. The predicted molar refractivity (Wildman–Crippen MR) is 270 cm³/mol. The van der Waals surface area contributed by atoms with Crippen LogP contribution < -0.4 is 0 Å². The molecule has 374 valence electrons. The molecule has 63 heavy (non-hydrogen) atoms. The smallest absolute Gasteiger partial charge is 0.306 e. The molecular weight excluding hydrogens is 781 g/mol. The van der Waals surface area contributed by atoms with Gasteiger partial charge in [0.25, 0.3) is 0 Å². The van der Waals surface area contributed by atoms with Gasteiger partial charge < -0.3 is 14.2 Å². The first-order chi connectivity index (χ1) is 30.8. The maximum atomic E-state index is 12.8. The monoisotopic (exact) mass is 891 g/mol. The number of esters is 3. The lowest BCUT2D eigenvalue weighted by Crippen LogP contribution is -2.30. The Kier molecular flexibility index (Phi) is 48.6. The van der Waals surface area contributed by atoms with Crippen LogP contribution in [0.3, 0.4) is 0 Å². The lowest BCUT2D eigenvalue weighted by molar-refractivity contribution is -0.167. The largest absolute Gasteiger partial charge is 0.462 e. The van der Waals surface area contributed by atoms with Crippen LogP contribution in [0.4, 0.5) is 0 Å². The van der Waals surface area contributed by atoms with Crippen molar-refractivity contribution in [1.29, 1.82) is 0 Å². The van der Waals surface area contributed by atoms with Crippen molar-refractivity contribution >= 4 is 17.9 Å². The zero-order chi connectivity index (χ0) is 46.1. The Balaban J connectivity index is 4.28. The Labute approximate surface area is 393 Å². The van der Waals surface area contributed by atoms with Gasteiger partial charge in [-0.25, -0.2) is 0 Å². The first kappa shape index (κ1) is 61.4. The Morgan fingerprint density at radius 2 is 0.556 bits per heavy atom. The van der Waals surface area contributed by atoms with Crippen molar-refractivity contribution in [3.8, 4) is 0 Å². The Morgan fingerprint density at radius 3 is 0.825 bits per heavy atom. The van der Waals surface area contributed by atoms with Gasteiger partial charge in [-0.15, -0.1) is 0 Å². The van der Waals surface area contributed by atoms with E-state index in [0.29, 0.717) is 19.3 Å². The molecule has 0 aromatic carbocycles. The highest BCUT2D eigenvalue weighted by atomic mass is 16.6. The minimum Gasteiger partial charge on any atom is -0.462 e. The molecule has 0 fully saturated rings. The van der Waals surface area contributed by atoms with Gasteiger partial charge >= 0.3 is 17.9 Å². The second-order valence-electron chi connectivity index (χ2n) is 20.1. The van der Waals surface area contributed by atoms with E-state index in [2.05, 4.69) is 34.6 Å². The summed E-state index contributed by atoms with van der Waals surface area (Å²) in [6.07, 6.45) is 52.3. The lowest BCUT2D eigenvalue weighted by Gasteiger charge is -2.18. The molecule has 0 spiro atoms. The van der Waals surface area contributed by atoms with E-state index in [9.17, 15) is 14.4 Å². The van der Waals surface area contributed by atoms with Crippen LogP contribution in [0.25, 0.3) is 0 Å². The van der Waals surface area contributed by atoms with Gasteiger partial charge in [-0.1, -0.05) is 279 Å². The molecule has 0 aliphatic heterocycles. The SMILES string of the molecule is CCCCCCCCCCCCCCCCCCCCCC(=O)OC[C@@H](COC(=O)CCCCCCCCCCC(C)CC)OC(=O)CCCCCCCCCCCCC(C)CC. The summed E-state index contributed by atoms with van der Waals surface area (Å²) in [5.41, 5.74) is 0. The molecular formula is C57H110O6. The molecule has 6 nitrogen and oxygen atoms in total. The minimum absolute atomic E-state index is 0.0635. The summed E-state index contributed by atoms with van der Waals surface area (Å²) in [5.74, 6) is 0.870. The summed E-state index contributed by atoms with van der Waals surface area (Å²) in [7, 11) is 0. The molecule has 0 amide bonds. The fraction of sp³-hybridized carbons (Fsp3) is 0.947. The maximum Gasteiger partial charge on any atom is 0.306 e. The van der Waals surface area contributed by atoms with Crippen molar-refractivity contribution in [2.75, 3.05) is 13.2 Å². The Hall–Kier alpha value is -1.59. The molecule has 0 aromatic rings. The molecule has 0 heterocycles. The number of hydrogen-bond acceptors (Lipinski definition) is 6. The highest BCUT2D eigenvalue weighted by Crippen LogP contribution is 2.19. The van der Waals surface area contributed by atoms with E-state index >= 15 is 0 Å². The Bertz CT molecular complexity index is 966. The predicted octanol–water partition coefficient (Wildman–Crippen LogP) is 18.5. The molecule has 0 aliphatic rings. The first-order valence-electron chi connectivity index (χ1n) is 28.3. The molecule has 2 unspecified atom stereocenters. The van der Waals surface area contributed by atoms with Crippen LogP contribution in [-0.4, -0.2) is 37.2 Å². The second kappa shape index (κ2) is 49.8. The fourth-order valence-corrected chi connectivity index (χ4v) is 8.63. The molecule has 0 radical (unpaired) electrons. The van der Waals surface area contributed by atoms with E-state index in [1.54, 1.807) is 0 Å². The van der Waals surface area contributed by atoms with Crippen molar-refractivity contribution in [2.45, 2.75) is 323 Å². The first-order valence-corrected chi connectivity index (χ1v) is 28.3. The van der Waals surface area contributed by atoms with Crippen molar-refractivity contribution in [3.63, 3.8) is 0 Å². The molecule has 0 bridgehead atoms. The summed E-state index contributed by atoms with van der Waals surface area (Å²) < 4.78 is 16.9. The molecule has 0 saturated carbocycles. The highest BCUT2D eigenvalue weighted by molar-refractivity contribution is 5.71. The van der Waals surface area contributed by atoms with Gasteiger partial charge in [0.1, 0.15) is 13.2 Å². The zero-order valence-corrected chi connectivity index (χ0v) is 43.2. The third-order valence-corrected chi connectivity index (χ3v) is 13.7. The van der Waals surface area contributed by atoms with E-state index < -0.39 is 6.10 Å². The van der Waals surface area contributed by atoms with Crippen molar-refractivity contribution in [1.82, 2.24) is 0 Å². The quantitative estimate of drug-likeness (QED) is 0.0344. The number of carbonyl (C=O) groups excluding carboxylic acids is 3. The summed E-state index contributed by atoms with van der Waals surface area (Å²) in [6, 6.07) is 0. The Morgan fingerprint density at radius 1 is 0.317 bits per heavy atom. The summed E-state index contributed by atoms with van der Waals surface area (Å²) >= 11 is 0. The number of rotatable bonds is 51. The van der Waals surface area contributed by atoms with Gasteiger partial charge in [-0.05, 0) is 31.1 Å². The molecule has 3 atom stereocenters. The van der Waals surface area contributed by atoms with Crippen molar-refractivity contribution in [2.24, 2.45) is 11.8 Å². The molecule has 0 rings (SSSR count). The van der Waals surface area contributed by atoms with Gasteiger partial charge in [-0.2, -0.15) is 0 Å².